The molecule has 0 unspecified atom stereocenters. The molecule has 0 radical (unpaired) electrons. The van der Waals surface area contributed by atoms with Crippen LogP contribution >= 0.6 is 34.8 Å². The van der Waals surface area contributed by atoms with Crippen molar-refractivity contribution in [2.75, 3.05) is 0 Å². The van der Waals surface area contributed by atoms with Crippen molar-refractivity contribution in [1.29, 1.82) is 0 Å². The predicted molar refractivity (Wildman–Crippen MR) is 72.5 cm³/mol. The highest BCUT2D eigenvalue weighted by Gasteiger charge is 2.14. The first-order valence-corrected chi connectivity index (χ1v) is 6.46. The van der Waals surface area contributed by atoms with E-state index in [1.807, 2.05) is 0 Å². The number of benzene rings is 2. The first-order chi connectivity index (χ1) is 8.99. The van der Waals surface area contributed by atoms with Gasteiger partial charge in [0.2, 0.25) is 0 Å². The lowest BCUT2D eigenvalue weighted by atomic mass is 10.2. The van der Waals surface area contributed by atoms with Gasteiger partial charge in [0.25, 0.3) is 0 Å². The lowest BCUT2D eigenvalue weighted by Gasteiger charge is -2.09. The van der Waals surface area contributed by atoms with Gasteiger partial charge in [-0.1, -0.05) is 23.2 Å². The van der Waals surface area contributed by atoms with Crippen LogP contribution in [0.1, 0.15) is 5.56 Å². The SMILES string of the molecule is Fc1cc(CCl)cc(F)c1Oc1cc(Cl)cc(Cl)c1. The van der Waals surface area contributed by atoms with E-state index in [4.69, 9.17) is 39.5 Å². The van der Waals surface area contributed by atoms with Crippen molar-refractivity contribution in [2.45, 2.75) is 5.88 Å². The van der Waals surface area contributed by atoms with E-state index < -0.39 is 17.4 Å². The summed E-state index contributed by atoms with van der Waals surface area (Å²) >= 11 is 17.1. The van der Waals surface area contributed by atoms with Crippen molar-refractivity contribution < 1.29 is 13.5 Å². The summed E-state index contributed by atoms with van der Waals surface area (Å²) in [5, 5.41) is 0.612. The van der Waals surface area contributed by atoms with Crippen molar-refractivity contribution in [3.05, 3.63) is 57.6 Å². The molecule has 0 aliphatic heterocycles. The van der Waals surface area contributed by atoms with Gasteiger partial charge in [-0.05, 0) is 35.9 Å². The van der Waals surface area contributed by atoms with Gasteiger partial charge in [0, 0.05) is 15.9 Å². The average molecular weight is 324 g/mol. The van der Waals surface area contributed by atoms with Gasteiger partial charge in [-0.2, -0.15) is 0 Å². The molecule has 1 nitrogen and oxygen atoms in total. The molecule has 19 heavy (non-hydrogen) atoms. The molecule has 2 aromatic carbocycles. The minimum atomic E-state index is -0.841. The number of alkyl halides is 1. The second kappa shape index (κ2) is 5.95. The Morgan fingerprint density at radius 2 is 1.42 bits per heavy atom. The molecular formula is C13H7Cl3F2O. The zero-order valence-electron chi connectivity index (χ0n) is 9.39. The zero-order valence-corrected chi connectivity index (χ0v) is 11.7. The summed E-state index contributed by atoms with van der Waals surface area (Å²) in [7, 11) is 0. The average Bonchev–Trinajstić information content (AvgIpc) is 2.32. The van der Waals surface area contributed by atoms with Crippen molar-refractivity contribution in [3.8, 4) is 11.5 Å². The van der Waals surface area contributed by atoms with Gasteiger partial charge in [0.1, 0.15) is 5.75 Å². The first kappa shape index (κ1) is 14.4. The molecule has 0 aliphatic carbocycles. The highest BCUT2D eigenvalue weighted by molar-refractivity contribution is 6.34. The minimum Gasteiger partial charge on any atom is -0.451 e. The molecule has 0 bridgehead atoms. The van der Waals surface area contributed by atoms with Crippen molar-refractivity contribution in [2.24, 2.45) is 0 Å². The van der Waals surface area contributed by atoms with E-state index in [-0.39, 0.29) is 11.6 Å². The van der Waals surface area contributed by atoms with Gasteiger partial charge in [-0.15, -0.1) is 11.6 Å². The van der Waals surface area contributed by atoms with Gasteiger partial charge in [-0.25, -0.2) is 8.78 Å². The van der Waals surface area contributed by atoms with Crippen LogP contribution in [0.5, 0.6) is 11.5 Å². The summed E-state index contributed by atoms with van der Waals surface area (Å²) in [6, 6.07) is 6.51. The van der Waals surface area contributed by atoms with Gasteiger partial charge >= 0.3 is 0 Å². The van der Waals surface area contributed by atoms with Gasteiger partial charge < -0.3 is 4.74 Å². The fraction of sp³-hybridized carbons (Fsp3) is 0.0769. The van der Waals surface area contributed by atoms with Crippen LogP contribution in [0.15, 0.2) is 30.3 Å². The third kappa shape index (κ3) is 3.50. The van der Waals surface area contributed by atoms with Crippen LogP contribution in [0.3, 0.4) is 0 Å². The zero-order chi connectivity index (χ0) is 14.0. The van der Waals surface area contributed by atoms with Crippen LogP contribution in [0.2, 0.25) is 10.0 Å². The molecule has 0 atom stereocenters. The van der Waals surface area contributed by atoms with Crippen molar-refractivity contribution >= 4 is 34.8 Å². The number of hydrogen-bond donors (Lipinski definition) is 0. The molecule has 0 saturated heterocycles. The summed E-state index contributed by atoms with van der Waals surface area (Å²) in [6.45, 7) is 0. The topological polar surface area (TPSA) is 9.23 Å². The van der Waals surface area contributed by atoms with Crippen LogP contribution in [-0.2, 0) is 5.88 Å². The van der Waals surface area contributed by atoms with Crippen molar-refractivity contribution in [3.63, 3.8) is 0 Å². The molecule has 6 heteroatoms. The summed E-state index contributed by atoms with van der Waals surface area (Å²) in [5.74, 6) is -2.04. The van der Waals surface area contributed by atoms with Gasteiger partial charge in [0.05, 0.1) is 0 Å². The highest BCUT2D eigenvalue weighted by atomic mass is 35.5. The van der Waals surface area contributed by atoms with E-state index in [1.165, 1.54) is 18.2 Å². The Hall–Kier alpha value is -1.03. The van der Waals surface area contributed by atoms with E-state index in [0.717, 1.165) is 12.1 Å². The van der Waals surface area contributed by atoms with Crippen molar-refractivity contribution in [1.82, 2.24) is 0 Å². The molecule has 2 rings (SSSR count). The lowest BCUT2D eigenvalue weighted by Crippen LogP contribution is -1.95. The Morgan fingerprint density at radius 1 is 0.895 bits per heavy atom. The molecule has 0 amide bonds. The van der Waals surface area contributed by atoms with Crippen LogP contribution in [0.4, 0.5) is 8.78 Å². The molecule has 0 fully saturated rings. The van der Waals surface area contributed by atoms with E-state index in [9.17, 15) is 8.78 Å². The predicted octanol–water partition coefficient (Wildman–Crippen LogP) is 5.80. The minimum absolute atomic E-state index is 0.0110. The molecular weight excluding hydrogens is 316 g/mol. The third-order valence-corrected chi connectivity index (χ3v) is 3.01. The molecule has 100 valence electrons. The van der Waals surface area contributed by atoms with E-state index in [2.05, 4.69) is 0 Å². The van der Waals surface area contributed by atoms with Crippen LogP contribution < -0.4 is 4.74 Å². The Bertz CT molecular complexity index is 574. The Kier molecular flexibility index (Phi) is 4.50. The lowest BCUT2D eigenvalue weighted by molar-refractivity contribution is 0.407. The monoisotopic (exact) mass is 322 g/mol. The van der Waals surface area contributed by atoms with Gasteiger partial charge in [0.15, 0.2) is 17.4 Å². The van der Waals surface area contributed by atoms with Gasteiger partial charge in [-0.3, -0.25) is 0 Å². The molecule has 0 aromatic heterocycles. The normalized spacial score (nSPS) is 10.6. The molecule has 0 heterocycles. The molecule has 0 spiro atoms. The molecule has 0 N–H and O–H groups in total. The molecule has 0 aliphatic rings. The smallest absolute Gasteiger partial charge is 0.198 e. The Balaban J connectivity index is 2.38. The molecule has 2 aromatic rings. The fourth-order valence-electron chi connectivity index (χ4n) is 1.49. The van der Waals surface area contributed by atoms with E-state index >= 15 is 0 Å². The number of hydrogen-bond acceptors (Lipinski definition) is 1. The molecule has 0 saturated carbocycles. The third-order valence-electron chi connectivity index (χ3n) is 2.27. The standard InChI is InChI=1S/C13H7Cl3F2O/c14-6-7-1-11(17)13(12(18)2-7)19-10-4-8(15)3-9(16)5-10/h1-5H,6H2. The number of halogens is 5. The maximum atomic E-state index is 13.7. The highest BCUT2D eigenvalue weighted by Crippen LogP contribution is 2.32. The Labute approximate surface area is 123 Å². The van der Waals surface area contributed by atoms with Crippen LogP contribution in [0.25, 0.3) is 0 Å². The Morgan fingerprint density at radius 3 is 1.89 bits per heavy atom. The maximum Gasteiger partial charge on any atom is 0.198 e. The summed E-state index contributed by atoms with van der Waals surface area (Å²) in [6.07, 6.45) is 0. The summed E-state index contributed by atoms with van der Waals surface area (Å²) in [4.78, 5) is 0. The second-order valence-electron chi connectivity index (χ2n) is 3.73. The summed E-state index contributed by atoms with van der Waals surface area (Å²) < 4.78 is 32.5. The quantitative estimate of drug-likeness (QED) is 0.648. The van der Waals surface area contributed by atoms with E-state index in [0.29, 0.717) is 15.6 Å². The number of rotatable bonds is 3. The maximum absolute atomic E-state index is 13.7. The number of ether oxygens (including phenoxy) is 1. The summed E-state index contributed by atoms with van der Waals surface area (Å²) in [5.41, 5.74) is 0.327. The first-order valence-electron chi connectivity index (χ1n) is 5.17. The largest absolute Gasteiger partial charge is 0.451 e. The van der Waals surface area contributed by atoms with E-state index in [1.54, 1.807) is 0 Å². The fourth-order valence-corrected chi connectivity index (χ4v) is 2.15. The second-order valence-corrected chi connectivity index (χ2v) is 4.87. The van der Waals surface area contributed by atoms with Crippen LogP contribution in [0, 0.1) is 11.6 Å². The van der Waals surface area contributed by atoms with Crippen LogP contribution in [-0.4, -0.2) is 0 Å².